The smallest absolute Gasteiger partial charge is 0.230 e. The van der Waals surface area contributed by atoms with Gasteiger partial charge in [-0.05, 0) is 56.2 Å². The van der Waals surface area contributed by atoms with Crippen LogP contribution in [0.25, 0.3) is 16.7 Å². The topological polar surface area (TPSA) is 99.1 Å². The number of piperidine rings is 1. The van der Waals surface area contributed by atoms with E-state index in [1.165, 1.54) is 31.2 Å². The van der Waals surface area contributed by atoms with E-state index in [0.717, 1.165) is 54.0 Å². The minimum atomic E-state index is 0.545. The fourth-order valence-electron chi connectivity index (χ4n) is 5.28. The second-order valence-corrected chi connectivity index (χ2v) is 9.38. The molecule has 32 heavy (non-hydrogen) atoms. The summed E-state index contributed by atoms with van der Waals surface area (Å²) in [7, 11) is 0. The predicted molar refractivity (Wildman–Crippen MR) is 123 cm³/mol. The lowest BCUT2D eigenvalue weighted by molar-refractivity contribution is 0.340. The highest BCUT2D eigenvalue weighted by Gasteiger charge is 2.36. The molecule has 5 heterocycles. The van der Waals surface area contributed by atoms with Crippen LogP contribution in [0.15, 0.2) is 30.5 Å². The zero-order valence-electron chi connectivity index (χ0n) is 18.0. The first-order valence-corrected chi connectivity index (χ1v) is 11.7. The van der Waals surface area contributed by atoms with Crippen molar-refractivity contribution in [3.63, 3.8) is 0 Å². The maximum atomic E-state index is 5.01. The van der Waals surface area contributed by atoms with Gasteiger partial charge in [-0.25, -0.2) is 4.98 Å². The molecule has 0 bridgehead atoms. The first-order chi connectivity index (χ1) is 15.8. The summed E-state index contributed by atoms with van der Waals surface area (Å²) in [6.45, 7) is 3.65. The maximum absolute atomic E-state index is 5.01. The number of rotatable bonds is 5. The summed E-state index contributed by atoms with van der Waals surface area (Å²) in [6.07, 6.45) is 6.96. The highest BCUT2D eigenvalue weighted by atomic mass is 15.4. The quantitative estimate of drug-likeness (QED) is 0.449. The van der Waals surface area contributed by atoms with Gasteiger partial charge in [0.05, 0.1) is 23.8 Å². The first kappa shape index (κ1) is 18.4. The molecule has 3 fully saturated rings. The molecule has 0 spiro atoms. The van der Waals surface area contributed by atoms with E-state index < -0.39 is 0 Å². The lowest BCUT2D eigenvalue weighted by atomic mass is 9.94. The Labute approximate surface area is 185 Å². The van der Waals surface area contributed by atoms with Crippen LogP contribution in [0.3, 0.4) is 0 Å². The van der Waals surface area contributed by atoms with Gasteiger partial charge in [-0.1, -0.05) is 12.1 Å². The van der Waals surface area contributed by atoms with Crippen LogP contribution >= 0.6 is 0 Å². The summed E-state index contributed by atoms with van der Waals surface area (Å²) in [6, 6.07) is 8.63. The van der Waals surface area contributed by atoms with Crippen molar-refractivity contribution in [1.82, 2.24) is 34.9 Å². The molecule has 2 saturated heterocycles. The minimum Gasteiger partial charge on any atom is -0.347 e. The summed E-state index contributed by atoms with van der Waals surface area (Å²) in [5.41, 5.74) is 4.20. The summed E-state index contributed by atoms with van der Waals surface area (Å²) < 4.78 is 1.86. The number of aromatic nitrogens is 6. The number of anilines is 2. The van der Waals surface area contributed by atoms with Gasteiger partial charge in [0.25, 0.3) is 0 Å². The predicted octanol–water partition coefficient (Wildman–Crippen LogP) is 2.68. The van der Waals surface area contributed by atoms with Crippen LogP contribution in [-0.2, 0) is 6.54 Å². The summed E-state index contributed by atoms with van der Waals surface area (Å²) in [5, 5.41) is 11.8. The zero-order valence-corrected chi connectivity index (χ0v) is 18.0. The molecule has 1 aliphatic carbocycles. The molecular weight excluding hydrogens is 402 g/mol. The standard InChI is InChI=1S/C23H27N9/c1-2-6-18-17(5-1)27-20(28-18)11-25-22-30-23(31-12-15-4-3-9-24-19(15)13-31)29-21-16(14-7-8-14)10-26-32(21)22/h1-2,5-6,10,14-15,19,24H,3-4,7-9,11-13H2,(H,27,28)(H,25,29,30)/t15-,19+/m0/s1. The average Bonchev–Trinajstić information content (AvgIpc) is 3.24. The Hall–Kier alpha value is -3.20. The largest absolute Gasteiger partial charge is 0.347 e. The molecule has 9 heteroatoms. The molecule has 1 aromatic carbocycles. The second-order valence-electron chi connectivity index (χ2n) is 9.38. The number of H-pyrrole nitrogens is 1. The van der Waals surface area contributed by atoms with Gasteiger partial charge in [0.15, 0.2) is 5.65 Å². The molecule has 3 N–H and O–H groups in total. The Morgan fingerprint density at radius 3 is 2.88 bits per heavy atom. The minimum absolute atomic E-state index is 0.545. The Bertz CT molecular complexity index is 1240. The van der Waals surface area contributed by atoms with E-state index >= 15 is 0 Å². The first-order valence-electron chi connectivity index (χ1n) is 11.7. The van der Waals surface area contributed by atoms with Crippen LogP contribution in [-0.4, -0.2) is 55.2 Å². The Balaban J connectivity index is 1.23. The average molecular weight is 430 g/mol. The number of hydrogen-bond acceptors (Lipinski definition) is 7. The molecule has 9 nitrogen and oxygen atoms in total. The van der Waals surface area contributed by atoms with Crippen LogP contribution in [0, 0.1) is 5.92 Å². The van der Waals surface area contributed by atoms with Crippen molar-refractivity contribution in [1.29, 1.82) is 0 Å². The van der Waals surface area contributed by atoms with Gasteiger partial charge in [0.1, 0.15) is 5.82 Å². The molecular formula is C23H27N9. The SMILES string of the molecule is c1ccc2[nH]c(CNc3nc(N4C[C@@H]5CCCN[C@@H]5C4)nc4c(C5CC5)cnn34)nc2c1. The van der Waals surface area contributed by atoms with Crippen molar-refractivity contribution in [3.8, 4) is 0 Å². The van der Waals surface area contributed by atoms with Crippen LogP contribution in [0.4, 0.5) is 11.9 Å². The van der Waals surface area contributed by atoms with Gasteiger partial charge < -0.3 is 20.5 Å². The van der Waals surface area contributed by atoms with Gasteiger partial charge in [-0.2, -0.15) is 19.6 Å². The van der Waals surface area contributed by atoms with Crippen molar-refractivity contribution < 1.29 is 0 Å². The number of imidazole rings is 1. The molecule has 4 aromatic rings. The van der Waals surface area contributed by atoms with E-state index in [0.29, 0.717) is 24.4 Å². The number of fused-ring (bicyclic) bond motifs is 3. The molecule has 0 radical (unpaired) electrons. The van der Waals surface area contributed by atoms with Crippen molar-refractivity contribution in [2.24, 2.45) is 5.92 Å². The molecule has 164 valence electrons. The normalized spacial score (nSPS) is 23.2. The number of aromatic amines is 1. The van der Waals surface area contributed by atoms with E-state index in [2.05, 4.69) is 25.6 Å². The molecule has 0 amide bonds. The fraction of sp³-hybridized carbons (Fsp3) is 0.478. The van der Waals surface area contributed by atoms with Crippen LogP contribution in [0.5, 0.6) is 0 Å². The number of benzene rings is 1. The van der Waals surface area contributed by atoms with Crippen molar-refractivity contribution in [2.45, 2.75) is 44.2 Å². The highest BCUT2D eigenvalue weighted by molar-refractivity contribution is 5.74. The van der Waals surface area contributed by atoms with Gasteiger partial charge in [-0.15, -0.1) is 0 Å². The maximum Gasteiger partial charge on any atom is 0.230 e. The van der Waals surface area contributed by atoms with E-state index in [1.807, 2.05) is 35.0 Å². The summed E-state index contributed by atoms with van der Waals surface area (Å²) in [5.74, 6) is 3.68. The number of nitrogens with zero attached hydrogens (tertiary/aromatic N) is 6. The van der Waals surface area contributed by atoms with E-state index in [-0.39, 0.29) is 0 Å². The van der Waals surface area contributed by atoms with E-state index in [9.17, 15) is 0 Å². The van der Waals surface area contributed by atoms with E-state index in [4.69, 9.17) is 15.0 Å². The zero-order chi connectivity index (χ0) is 21.1. The molecule has 3 aromatic heterocycles. The summed E-state index contributed by atoms with van der Waals surface area (Å²) in [4.78, 5) is 20.4. The lowest BCUT2D eigenvalue weighted by Gasteiger charge is -2.24. The van der Waals surface area contributed by atoms with Gasteiger partial charge in [0, 0.05) is 24.7 Å². The monoisotopic (exact) mass is 429 g/mol. The Kier molecular flexibility index (Phi) is 4.11. The molecule has 3 aliphatic rings. The lowest BCUT2D eigenvalue weighted by Crippen LogP contribution is -2.40. The summed E-state index contributed by atoms with van der Waals surface area (Å²) >= 11 is 0. The van der Waals surface area contributed by atoms with Crippen LogP contribution in [0.2, 0.25) is 0 Å². The van der Waals surface area contributed by atoms with Gasteiger partial charge in [0.2, 0.25) is 11.9 Å². The number of hydrogen-bond donors (Lipinski definition) is 3. The molecule has 2 aliphatic heterocycles. The molecule has 1 saturated carbocycles. The van der Waals surface area contributed by atoms with Crippen molar-refractivity contribution in [3.05, 3.63) is 41.9 Å². The number of nitrogens with one attached hydrogen (secondary N) is 3. The van der Waals surface area contributed by atoms with Crippen molar-refractivity contribution in [2.75, 3.05) is 29.9 Å². The third-order valence-corrected chi connectivity index (χ3v) is 7.14. The Morgan fingerprint density at radius 1 is 1.06 bits per heavy atom. The molecule has 2 atom stereocenters. The number of para-hydroxylation sites is 2. The third-order valence-electron chi connectivity index (χ3n) is 7.14. The van der Waals surface area contributed by atoms with E-state index in [1.54, 1.807) is 0 Å². The second kappa shape index (κ2) is 7.16. The van der Waals surface area contributed by atoms with Crippen molar-refractivity contribution >= 4 is 28.6 Å². The fourth-order valence-corrected chi connectivity index (χ4v) is 5.28. The molecule has 7 rings (SSSR count). The Morgan fingerprint density at radius 2 is 2.00 bits per heavy atom. The third kappa shape index (κ3) is 3.10. The van der Waals surface area contributed by atoms with Crippen LogP contribution in [0.1, 0.15) is 43.0 Å². The van der Waals surface area contributed by atoms with Gasteiger partial charge >= 0.3 is 0 Å². The van der Waals surface area contributed by atoms with Crippen LogP contribution < -0.4 is 15.5 Å². The van der Waals surface area contributed by atoms with Gasteiger partial charge in [-0.3, -0.25) is 0 Å². The highest BCUT2D eigenvalue weighted by Crippen LogP contribution is 2.42. The molecule has 0 unspecified atom stereocenters.